The molecule has 1 aromatic rings. The molecule has 0 unspecified atom stereocenters. The Bertz CT molecular complexity index is 562. The first-order chi connectivity index (χ1) is 12.2. The summed E-state index contributed by atoms with van der Waals surface area (Å²) < 4.78 is 11.1. The quantitative estimate of drug-likeness (QED) is 0.821. The minimum Gasteiger partial charge on any atom is -0.484 e. The van der Waals surface area contributed by atoms with Crippen molar-refractivity contribution in [3.05, 3.63) is 29.8 Å². The Hall–Kier alpha value is -1.59. The van der Waals surface area contributed by atoms with E-state index >= 15 is 0 Å². The smallest absolute Gasteiger partial charge is 0.260 e. The van der Waals surface area contributed by atoms with E-state index in [1.54, 1.807) is 0 Å². The largest absolute Gasteiger partial charge is 0.484 e. The van der Waals surface area contributed by atoms with Crippen molar-refractivity contribution in [2.75, 3.05) is 39.9 Å². The monoisotopic (exact) mass is 346 g/mol. The van der Waals surface area contributed by atoms with E-state index in [2.05, 4.69) is 4.90 Å². The normalized spacial score (nSPS) is 20.6. The molecule has 2 fully saturated rings. The molecule has 2 heterocycles. The highest BCUT2D eigenvalue weighted by Crippen LogP contribution is 2.22. The molecule has 138 valence electrons. The second-order valence-electron chi connectivity index (χ2n) is 7.19. The van der Waals surface area contributed by atoms with Crippen LogP contribution >= 0.6 is 0 Å². The lowest BCUT2D eigenvalue weighted by molar-refractivity contribution is -0.135. The summed E-state index contributed by atoms with van der Waals surface area (Å²) in [5.74, 6) is 0.863. The van der Waals surface area contributed by atoms with Gasteiger partial charge in [0.2, 0.25) is 0 Å². The third-order valence-electron chi connectivity index (χ3n) is 5.50. The molecular formula is C20H30N2O3. The number of nitrogens with zero attached hydrogens (tertiary/aromatic N) is 2. The number of benzene rings is 1. The number of amides is 1. The van der Waals surface area contributed by atoms with E-state index in [-0.39, 0.29) is 12.5 Å². The number of carbonyl (C=O) groups is 1. The minimum atomic E-state index is 0.0954. The van der Waals surface area contributed by atoms with Crippen LogP contribution in [0.3, 0.4) is 0 Å². The highest BCUT2D eigenvalue weighted by molar-refractivity contribution is 5.77. The van der Waals surface area contributed by atoms with Crippen LogP contribution in [0.1, 0.15) is 31.2 Å². The molecule has 0 radical (unpaired) electrons. The summed E-state index contributed by atoms with van der Waals surface area (Å²) in [6.07, 6.45) is 4.80. The number of methoxy groups -OCH3 is 1. The molecule has 1 aromatic carbocycles. The summed E-state index contributed by atoms with van der Waals surface area (Å²) in [4.78, 5) is 16.9. The second-order valence-corrected chi connectivity index (χ2v) is 7.19. The molecule has 5 heteroatoms. The molecule has 0 bridgehead atoms. The predicted octanol–water partition coefficient (Wildman–Crippen LogP) is 2.48. The van der Waals surface area contributed by atoms with Gasteiger partial charge in [-0.15, -0.1) is 0 Å². The van der Waals surface area contributed by atoms with Crippen LogP contribution in [-0.4, -0.2) is 67.7 Å². The van der Waals surface area contributed by atoms with Crippen LogP contribution < -0.4 is 4.74 Å². The Kier molecular flexibility index (Phi) is 6.32. The summed E-state index contributed by atoms with van der Waals surface area (Å²) in [6.45, 7) is 6.07. The predicted molar refractivity (Wildman–Crippen MR) is 97.9 cm³/mol. The Labute approximate surface area is 150 Å². The molecule has 0 spiro atoms. The molecule has 5 nitrogen and oxygen atoms in total. The van der Waals surface area contributed by atoms with Crippen molar-refractivity contribution in [1.29, 1.82) is 0 Å². The molecule has 0 atom stereocenters. The van der Waals surface area contributed by atoms with Crippen molar-refractivity contribution in [1.82, 2.24) is 9.80 Å². The van der Waals surface area contributed by atoms with Crippen molar-refractivity contribution in [3.63, 3.8) is 0 Å². The average molecular weight is 346 g/mol. The second kappa shape index (κ2) is 8.68. The van der Waals surface area contributed by atoms with Crippen molar-refractivity contribution in [3.8, 4) is 5.75 Å². The van der Waals surface area contributed by atoms with Crippen LogP contribution in [0.15, 0.2) is 24.3 Å². The van der Waals surface area contributed by atoms with Gasteiger partial charge in [-0.25, -0.2) is 0 Å². The molecule has 1 amide bonds. The van der Waals surface area contributed by atoms with Crippen LogP contribution in [0, 0.1) is 6.92 Å². The number of aryl methyl sites for hydroxylation is 1. The van der Waals surface area contributed by atoms with Crippen molar-refractivity contribution in [2.24, 2.45) is 0 Å². The number of rotatable bonds is 5. The van der Waals surface area contributed by atoms with E-state index in [0.717, 1.165) is 63.2 Å². The first-order valence-corrected chi connectivity index (χ1v) is 9.40. The lowest BCUT2D eigenvalue weighted by Crippen LogP contribution is -2.50. The molecule has 25 heavy (non-hydrogen) atoms. The van der Waals surface area contributed by atoms with Crippen molar-refractivity contribution >= 4 is 5.91 Å². The van der Waals surface area contributed by atoms with Gasteiger partial charge in [0.25, 0.3) is 5.91 Å². The fourth-order valence-corrected chi connectivity index (χ4v) is 3.90. The van der Waals surface area contributed by atoms with Gasteiger partial charge in [0.1, 0.15) is 5.75 Å². The van der Waals surface area contributed by atoms with Crippen molar-refractivity contribution < 1.29 is 14.3 Å². The number of hydrogen-bond acceptors (Lipinski definition) is 4. The van der Waals surface area contributed by atoms with Gasteiger partial charge in [-0.05, 0) is 50.3 Å². The van der Waals surface area contributed by atoms with E-state index in [4.69, 9.17) is 9.47 Å². The summed E-state index contributed by atoms with van der Waals surface area (Å²) in [5, 5.41) is 0. The molecular weight excluding hydrogens is 316 g/mol. The first kappa shape index (κ1) is 18.2. The molecule has 0 N–H and O–H groups in total. The van der Waals surface area contributed by atoms with Crippen LogP contribution in [-0.2, 0) is 9.53 Å². The van der Waals surface area contributed by atoms with Gasteiger partial charge in [-0.3, -0.25) is 4.79 Å². The summed E-state index contributed by atoms with van der Waals surface area (Å²) in [6, 6.07) is 8.45. The fourth-order valence-electron chi connectivity index (χ4n) is 3.90. The maximum absolute atomic E-state index is 12.4. The van der Waals surface area contributed by atoms with E-state index in [1.165, 1.54) is 0 Å². The maximum atomic E-state index is 12.4. The van der Waals surface area contributed by atoms with Gasteiger partial charge in [0, 0.05) is 39.3 Å². The number of ether oxygens (including phenoxy) is 2. The fraction of sp³-hybridized carbons (Fsp3) is 0.650. The van der Waals surface area contributed by atoms with Crippen LogP contribution in [0.25, 0.3) is 0 Å². The van der Waals surface area contributed by atoms with Crippen LogP contribution in [0.5, 0.6) is 5.75 Å². The lowest BCUT2D eigenvalue weighted by Gasteiger charge is -2.41. The lowest BCUT2D eigenvalue weighted by atomic mass is 9.99. The average Bonchev–Trinajstić information content (AvgIpc) is 2.66. The molecule has 0 saturated carbocycles. The zero-order valence-electron chi connectivity index (χ0n) is 15.4. The zero-order valence-corrected chi connectivity index (χ0v) is 15.4. The summed E-state index contributed by atoms with van der Waals surface area (Å²) in [5.41, 5.74) is 1.14. The number of likely N-dealkylation sites (tertiary alicyclic amines) is 2. The van der Waals surface area contributed by atoms with Crippen LogP contribution in [0.2, 0.25) is 0 Å². The summed E-state index contributed by atoms with van der Waals surface area (Å²) in [7, 11) is 1.81. The Balaban J connectivity index is 1.40. The molecule has 0 aromatic heterocycles. The summed E-state index contributed by atoms with van der Waals surface area (Å²) >= 11 is 0. The Morgan fingerprint density at radius 3 is 2.48 bits per heavy atom. The van der Waals surface area contributed by atoms with Crippen LogP contribution in [0.4, 0.5) is 0 Å². The number of hydrogen-bond donors (Lipinski definition) is 0. The molecule has 0 aliphatic carbocycles. The molecule has 2 saturated heterocycles. The van der Waals surface area contributed by atoms with Gasteiger partial charge in [-0.1, -0.05) is 12.1 Å². The standard InChI is InChI=1S/C20H30N2O3/c1-16-4-3-5-19(14-16)25-15-20(23)22-10-6-17(7-11-22)21-12-8-18(24-2)9-13-21/h3-5,14,17-18H,6-13,15H2,1-2H3. The van der Waals surface area contributed by atoms with Gasteiger partial charge in [0.15, 0.2) is 6.61 Å². The van der Waals surface area contributed by atoms with Gasteiger partial charge < -0.3 is 19.3 Å². The van der Waals surface area contributed by atoms with E-state index < -0.39 is 0 Å². The Morgan fingerprint density at radius 2 is 1.84 bits per heavy atom. The number of carbonyl (C=O) groups excluding carboxylic acids is 1. The first-order valence-electron chi connectivity index (χ1n) is 9.40. The Morgan fingerprint density at radius 1 is 1.12 bits per heavy atom. The maximum Gasteiger partial charge on any atom is 0.260 e. The van der Waals surface area contributed by atoms with Gasteiger partial charge >= 0.3 is 0 Å². The molecule has 3 rings (SSSR count). The number of piperidine rings is 2. The molecule has 2 aliphatic rings. The minimum absolute atomic E-state index is 0.0954. The van der Waals surface area contributed by atoms with Crippen molar-refractivity contribution in [2.45, 2.75) is 44.8 Å². The highest BCUT2D eigenvalue weighted by atomic mass is 16.5. The van der Waals surface area contributed by atoms with E-state index in [1.807, 2.05) is 43.2 Å². The zero-order chi connectivity index (χ0) is 17.6. The topological polar surface area (TPSA) is 42.0 Å². The third-order valence-corrected chi connectivity index (χ3v) is 5.50. The van der Waals surface area contributed by atoms with E-state index in [0.29, 0.717) is 12.1 Å². The van der Waals surface area contributed by atoms with E-state index in [9.17, 15) is 4.79 Å². The van der Waals surface area contributed by atoms with Gasteiger partial charge in [0.05, 0.1) is 6.10 Å². The molecule has 2 aliphatic heterocycles. The van der Waals surface area contributed by atoms with Gasteiger partial charge in [-0.2, -0.15) is 0 Å². The third kappa shape index (κ3) is 4.95. The highest BCUT2D eigenvalue weighted by Gasteiger charge is 2.29. The SMILES string of the molecule is COC1CCN(C2CCN(C(=O)COc3cccc(C)c3)CC2)CC1.